The normalized spacial score (nSPS) is 23.4. The number of esters is 1. The number of halogens is 1. The van der Waals surface area contributed by atoms with Gasteiger partial charge in [0.1, 0.15) is 0 Å². The number of carbonyl (C=O) groups excluding carboxylic acids is 1. The summed E-state index contributed by atoms with van der Waals surface area (Å²) in [6, 6.07) is 0.305. The summed E-state index contributed by atoms with van der Waals surface area (Å²) < 4.78 is 22.1. The van der Waals surface area contributed by atoms with Gasteiger partial charge in [-0.1, -0.05) is 0 Å². The molecule has 82 valence electrons. The van der Waals surface area contributed by atoms with Crippen LogP contribution in [0.2, 0.25) is 0 Å². The summed E-state index contributed by atoms with van der Waals surface area (Å²) >= 11 is 0. The van der Waals surface area contributed by atoms with Gasteiger partial charge in [-0.15, -0.1) is 0 Å². The highest BCUT2D eigenvalue weighted by molar-refractivity contribution is 5.74. The SMILES string of the molecule is COC(=O)C(F)COC[C@@H]1CCCN1. The van der Waals surface area contributed by atoms with E-state index in [1.54, 1.807) is 0 Å². The molecule has 14 heavy (non-hydrogen) atoms. The Morgan fingerprint density at radius 3 is 3.07 bits per heavy atom. The summed E-state index contributed by atoms with van der Waals surface area (Å²) in [5, 5.41) is 3.21. The molecule has 0 aromatic heterocycles. The second kappa shape index (κ2) is 5.93. The fraction of sp³-hybridized carbons (Fsp3) is 0.889. The Hall–Kier alpha value is -0.680. The summed E-state index contributed by atoms with van der Waals surface area (Å²) in [5.41, 5.74) is 0. The molecule has 0 spiro atoms. The quantitative estimate of drug-likeness (QED) is 0.654. The van der Waals surface area contributed by atoms with Gasteiger partial charge in [-0.3, -0.25) is 0 Å². The van der Waals surface area contributed by atoms with Crippen LogP contribution in [0.1, 0.15) is 12.8 Å². The van der Waals surface area contributed by atoms with Crippen LogP contribution in [0, 0.1) is 0 Å². The van der Waals surface area contributed by atoms with Crippen LogP contribution in [0.25, 0.3) is 0 Å². The molecular weight excluding hydrogens is 189 g/mol. The van der Waals surface area contributed by atoms with E-state index in [2.05, 4.69) is 10.1 Å². The Bertz CT molecular complexity index is 183. The lowest BCUT2D eigenvalue weighted by Crippen LogP contribution is -2.30. The van der Waals surface area contributed by atoms with E-state index in [0.29, 0.717) is 12.6 Å². The first-order valence-corrected chi connectivity index (χ1v) is 4.77. The molecule has 0 aliphatic carbocycles. The van der Waals surface area contributed by atoms with Crippen LogP contribution in [-0.4, -0.2) is 45.1 Å². The van der Waals surface area contributed by atoms with Gasteiger partial charge in [-0.05, 0) is 19.4 Å². The Morgan fingerprint density at radius 1 is 1.71 bits per heavy atom. The number of rotatable bonds is 5. The molecule has 0 bridgehead atoms. The van der Waals surface area contributed by atoms with Gasteiger partial charge in [0.05, 0.1) is 20.3 Å². The Kier molecular flexibility index (Phi) is 4.82. The molecule has 5 heteroatoms. The number of hydrogen-bond acceptors (Lipinski definition) is 4. The van der Waals surface area contributed by atoms with Crippen molar-refractivity contribution < 1.29 is 18.7 Å². The largest absolute Gasteiger partial charge is 0.467 e. The van der Waals surface area contributed by atoms with Gasteiger partial charge < -0.3 is 14.8 Å². The zero-order valence-corrected chi connectivity index (χ0v) is 8.29. The number of hydrogen-bond donors (Lipinski definition) is 1. The molecule has 0 amide bonds. The van der Waals surface area contributed by atoms with Gasteiger partial charge in [0.2, 0.25) is 6.17 Å². The van der Waals surface area contributed by atoms with E-state index in [9.17, 15) is 9.18 Å². The maximum Gasteiger partial charge on any atom is 0.342 e. The molecule has 4 nitrogen and oxygen atoms in total. The first kappa shape index (κ1) is 11.4. The van der Waals surface area contributed by atoms with Crippen LogP contribution in [0.3, 0.4) is 0 Å². The van der Waals surface area contributed by atoms with Gasteiger partial charge in [-0.25, -0.2) is 9.18 Å². The minimum Gasteiger partial charge on any atom is -0.467 e. The fourth-order valence-corrected chi connectivity index (χ4v) is 1.41. The van der Waals surface area contributed by atoms with Gasteiger partial charge in [-0.2, -0.15) is 0 Å². The summed E-state index contributed by atoms with van der Waals surface area (Å²) in [4.78, 5) is 10.6. The molecule has 1 heterocycles. The van der Waals surface area contributed by atoms with Crippen molar-refractivity contribution in [1.29, 1.82) is 0 Å². The van der Waals surface area contributed by atoms with E-state index in [-0.39, 0.29) is 6.61 Å². The van der Waals surface area contributed by atoms with Crippen molar-refractivity contribution >= 4 is 5.97 Å². The smallest absolute Gasteiger partial charge is 0.342 e. The van der Waals surface area contributed by atoms with E-state index < -0.39 is 12.1 Å². The lowest BCUT2D eigenvalue weighted by atomic mass is 10.2. The van der Waals surface area contributed by atoms with Gasteiger partial charge >= 0.3 is 5.97 Å². The maximum absolute atomic E-state index is 12.9. The van der Waals surface area contributed by atoms with E-state index in [1.165, 1.54) is 0 Å². The number of ether oxygens (including phenoxy) is 2. The number of carbonyl (C=O) groups is 1. The molecule has 1 saturated heterocycles. The van der Waals surface area contributed by atoms with E-state index in [0.717, 1.165) is 26.5 Å². The summed E-state index contributed by atoms with van der Waals surface area (Å²) in [7, 11) is 1.16. The van der Waals surface area contributed by atoms with E-state index in [4.69, 9.17) is 4.74 Å². The zero-order valence-electron chi connectivity index (χ0n) is 8.29. The standard InChI is InChI=1S/C9H16FNO3/c1-13-9(12)8(10)6-14-5-7-3-2-4-11-7/h7-8,11H,2-6H2,1H3/t7-,8?/m0/s1. The summed E-state index contributed by atoms with van der Waals surface area (Å²) in [6.07, 6.45) is 0.514. The second-order valence-electron chi connectivity index (χ2n) is 3.32. The van der Waals surface area contributed by atoms with Crippen LogP contribution in [-0.2, 0) is 14.3 Å². The fourth-order valence-electron chi connectivity index (χ4n) is 1.41. The first-order chi connectivity index (χ1) is 6.74. The zero-order chi connectivity index (χ0) is 10.4. The minimum absolute atomic E-state index is 0.217. The van der Waals surface area contributed by atoms with Crippen molar-refractivity contribution in [3.8, 4) is 0 Å². The number of nitrogens with one attached hydrogen (secondary N) is 1. The highest BCUT2D eigenvalue weighted by atomic mass is 19.1. The number of alkyl halides is 1. The van der Waals surface area contributed by atoms with Gasteiger partial charge in [0.25, 0.3) is 0 Å². The van der Waals surface area contributed by atoms with Crippen LogP contribution >= 0.6 is 0 Å². The monoisotopic (exact) mass is 205 g/mol. The molecule has 1 fully saturated rings. The van der Waals surface area contributed by atoms with Gasteiger partial charge in [0, 0.05) is 6.04 Å². The lowest BCUT2D eigenvalue weighted by molar-refractivity contribution is -0.148. The van der Waals surface area contributed by atoms with Crippen LogP contribution in [0.15, 0.2) is 0 Å². The second-order valence-corrected chi connectivity index (χ2v) is 3.32. The predicted molar refractivity (Wildman–Crippen MR) is 48.8 cm³/mol. The van der Waals surface area contributed by atoms with Gasteiger partial charge in [0.15, 0.2) is 0 Å². The summed E-state index contributed by atoms with van der Waals surface area (Å²) in [5.74, 6) is -0.871. The average molecular weight is 205 g/mol. The van der Waals surface area contributed by atoms with Crippen molar-refractivity contribution in [2.24, 2.45) is 0 Å². The van der Waals surface area contributed by atoms with Crippen LogP contribution in [0.5, 0.6) is 0 Å². The van der Waals surface area contributed by atoms with E-state index in [1.807, 2.05) is 0 Å². The molecule has 0 aromatic carbocycles. The third-order valence-corrected chi connectivity index (χ3v) is 2.20. The van der Waals surface area contributed by atoms with Crippen molar-refractivity contribution in [2.75, 3.05) is 26.9 Å². The molecule has 0 saturated carbocycles. The third kappa shape index (κ3) is 3.59. The van der Waals surface area contributed by atoms with E-state index >= 15 is 0 Å². The molecule has 1 aliphatic rings. The summed E-state index contributed by atoms with van der Waals surface area (Å²) in [6.45, 7) is 1.23. The topological polar surface area (TPSA) is 47.6 Å². The Morgan fingerprint density at radius 2 is 2.50 bits per heavy atom. The molecule has 1 N–H and O–H groups in total. The van der Waals surface area contributed by atoms with Crippen LogP contribution < -0.4 is 5.32 Å². The van der Waals surface area contributed by atoms with Crippen molar-refractivity contribution in [1.82, 2.24) is 5.32 Å². The highest BCUT2D eigenvalue weighted by Crippen LogP contribution is 2.05. The molecule has 0 aromatic rings. The number of methoxy groups -OCH3 is 1. The van der Waals surface area contributed by atoms with Crippen molar-refractivity contribution in [3.63, 3.8) is 0 Å². The first-order valence-electron chi connectivity index (χ1n) is 4.77. The molecular formula is C9H16FNO3. The predicted octanol–water partition coefficient (Wildman–Crippen LogP) is 0.266. The molecule has 2 atom stereocenters. The highest BCUT2D eigenvalue weighted by Gasteiger charge is 2.19. The van der Waals surface area contributed by atoms with Crippen molar-refractivity contribution in [2.45, 2.75) is 25.1 Å². The molecule has 1 unspecified atom stereocenters. The average Bonchev–Trinajstić information content (AvgIpc) is 2.69. The van der Waals surface area contributed by atoms with Crippen LogP contribution in [0.4, 0.5) is 4.39 Å². The minimum atomic E-state index is -1.67. The third-order valence-electron chi connectivity index (χ3n) is 2.20. The Balaban J connectivity index is 2.05. The lowest BCUT2D eigenvalue weighted by Gasteiger charge is -2.11. The molecule has 0 radical (unpaired) electrons. The molecule has 1 rings (SSSR count). The Labute approximate surface area is 82.8 Å². The molecule has 1 aliphatic heterocycles. The maximum atomic E-state index is 12.9. The van der Waals surface area contributed by atoms with Crippen molar-refractivity contribution in [3.05, 3.63) is 0 Å².